The molecule has 1 amide bonds. The van der Waals surface area contributed by atoms with Gasteiger partial charge in [0, 0.05) is 99.2 Å². The van der Waals surface area contributed by atoms with Crippen molar-refractivity contribution in [2.75, 3.05) is 225 Å². The van der Waals surface area contributed by atoms with E-state index in [0.717, 1.165) is 43.3 Å². The zero-order valence-corrected chi connectivity index (χ0v) is 61.8. The van der Waals surface area contributed by atoms with Crippen molar-refractivity contribution in [2.24, 2.45) is 35.5 Å². The number of methoxy groups -OCH3 is 7. The summed E-state index contributed by atoms with van der Waals surface area (Å²) in [5.74, 6) is -3.15. The third-order valence-electron chi connectivity index (χ3n) is 9.95. The van der Waals surface area contributed by atoms with Crippen molar-refractivity contribution >= 4 is 84.2 Å². The van der Waals surface area contributed by atoms with E-state index in [1.165, 1.54) is 18.9 Å². The van der Waals surface area contributed by atoms with E-state index in [-0.39, 0.29) is 75.9 Å². The van der Waals surface area contributed by atoms with Gasteiger partial charge < -0.3 is 102 Å². The highest BCUT2D eigenvalue weighted by Crippen LogP contribution is 2.09. The average Bonchev–Trinajstić information content (AvgIpc) is 3.29. The highest BCUT2D eigenvalue weighted by Gasteiger charge is 2.19. The Balaban J connectivity index is -0.000000126. The smallest absolute Gasteiger partial charge is 0.325 e. The number of ether oxygens (including phenoxy) is 14. The fraction of sp³-hybridized carbons (Fsp3) is 0.898. The number of aliphatic carboxylic acids is 3. The number of esters is 2. The lowest BCUT2D eigenvalue weighted by Gasteiger charge is -2.24. The summed E-state index contributed by atoms with van der Waals surface area (Å²) in [4.78, 5) is 64.9. The molecule has 556 valence electrons. The van der Waals surface area contributed by atoms with E-state index in [1.54, 1.807) is 56.5 Å². The minimum atomic E-state index is -3.28. The number of alkyl halides is 1. The van der Waals surface area contributed by atoms with Crippen molar-refractivity contribution in [3.8, 4) is 0 Å². The molecule has 4 radical (unpaired) electrons. The Hall–Kier alpha value is -3.01. The number of nitrogens with zero attached hydrogens (tertiary/aromatic N) is 1. The SMILES string of the molecule is CCOC(=O)CCC[C@@H](C)COCCOC.COCCO.COCCOC[C@H](C)C(=O)O.COCCOC[C@H](C)CI.COCCOC[C@H](C)CO.COCCOS(C)(=O)=O.C[C@@H](CO)C(=O)O.[B]CC(=O)N(CC(=O)OCC)C[C@@H](C)COCCOC.[B]CC(=O)O. The molecule has 34 heteroatoms. The second-order valence-corrected chi connectivity index (χ2v) is 22.1. The van der Waals surface area contributed by atoms with E-state index in [4.69, 9.17) is 95.3 Å². The van der Waals surface area contributed by atoms with Gasteiger partial charge in [0.25, 0.3) is 16.1 Å². The number of amides is 1. The highest BCUT2D eigenvalue weighted by atomic mass is 127. The lowest BCUT2D eigenvalue weighted by Crippen LogP contribution is -2.40. The van der Waals surface area contributed by atoms with E-state index in [1.807, 2.05) is 20.8 Å². The zero-order chi connectivity index (χ0) is 73.5. The molecule has 93 heavy (non-hydrogen) atoms. The van der Waals surface area contributed by atoms with Gasteiger partial charge in [0.15, 0.2) is 0 Å². The summed E-state index contributed by atoms with van der Waals surface area (Å²) >= 11 is 2.36. The molecule has 0 heterocycles. The van der Waals surface area contributed by atoms with E-state index in [2.05, 4.69) is 57.9 Å². The summed E-state index contributed by atoms with van der Waals surface area (Å²) in [6.07, 6.45) is 2.97. The lowest BCUT2D eigenvalue weighted by molar-refractivity contribution is -0.148. The van der Waals surface area contributed by atoms with Gasteiger partial charge in [-0.15, -0.1) is 0 Å². The molecule has 0 aromatic heterocycles. The topological polar surface area (TPSA) is 400 Å². The third-order valence-corrected chi connectivity index (χ3v) is 12.0. The van der Waals surface area contributed by atoms with Gasteiger partial charge in [-0.05, 0) is 64.6 Å². The van der Waals surface area contributed by atoms with Crippen molar-refractivity contribution in [1.29, 1.82) is 0 Å². The minimum absolute atomic E-state index is 0.0771. The van der Waals surface area contributed by atoms with Crippen LogP contribution in [0.4, 0.5) is 0 Å². The minimum Gasteiger partial charge on any atom is -0.482 e. The summed E-state index contributed by atoms with van der Waals surface area (Å²) < 4.78 is 94.9. The van der Waals surface area contributed by atoms with Crippen molar-refractivity contribution in [3.63, 3.8) is 0 Å². The molecule has 30 nitrogen and oxygen atoms in total. The largest absolute Gasteiger partial charge is 0.482 e. The number of halogens is 1. The molecule has 0 aliphatic heterocycles. The van der Waals surface area contributed by atoms with Crippen LogP contribution in [0.15, 0.2) is 0 Å². The van der Waals surface area contributed by atoms with E-state index >= 15 is 0 Å². The second-order valence-electron chi connectivity index (χ2n) is 19.6. The van der Waals surface area contributed by atoms with Crippen molar-refractivity contribution < 1.29 is 138 Å². The Bertz CT molecular complexity index is 1670. The lowest BCUT2D eigenvalue weighted by atomic mass is 10.0. The molecule has 0 aliphatic rings. The maximum Gasteiger partial charge on any atom is 0.325 e. The van der Waals surface area contributed by atoms with E-state index < -0.39 is 45.8 Å². The number of hydrogen-bond donors (Lipinski definition) is 6. The second kappa shape index (κ2) is 89.0. The Morgan fingerprint density at radius 1 is 0.484 bits per heavy atom. The molecule has 0 fully saturated rings. The molecule has 0 aliphatic carbocycles. The number of carboxylic acid groups (broad SMARTS) is 3. The number of hydrogen-bond acceptors (Lipinski definition) is 26. The first-order chi connectivity index (χ1) is 44.0. The first-order valence-corrected chi connectivity index (χ1v) is 33.5. The number of aliphatic hydroxyl groups is 3. The quantitative estimate of drug-likeness (QED) is 0.0127. The molecule has 6 N–H and O–H groups in total. The van der Waals surface area contributed by atoms with Gasteiger partial charge in [-0.1, -0.05) is 50.3 Å². The molecule has 0 unspecified atom stereocenters. The summed E-state index contributed by atoms with van der Waals surface area (Å²) in [5.41, 5.74) is 0. The van der Waals surface area contributed by atoms with Crippen LogP contribution in [0.5, 0.6) is 0 Å². The van der Waals surface area contributed by atoms with Gasteiger partial charge in [-0.25, -0.2) is 0 Å². The van der Waals surface area contributed by atoms with Gasteiger partial charge in [0.1, 0.15) is 6.54 Å². The van der Waals surface area contributed by atoms with Gasteiger partial charge >= 0.3 is 23.9 Å². The number of carbonyl (C=O) groups is 6. The van der Waals surface area contributed by atoms with Gasteiger partial charge in [-0.2, -0.15) is 8.42 Å². The molecule has 0 aromatic rings. The van der Waals surface area contributed by atoms with Crippen LogP contribution in [0.1, 0.15) is 74.7 Å². The standard InChI is InChI=1S/C13H24BNO5.C12H24O4.C7H15IO2.C7H14O4.C7H16O3.C4H10O4S.C4H8O3.C3H8O2.C2H3BO2/c1-4-20-13(17)9-15(12(16)7-14)8-11(2)10-19-6-5-18-3;1-4-16-12(13)7-5-6-11(2)10-15-9-8-14-3;1-7(5-8)6-10-4-3-9-2;1-6(7(8)9)5-11-4-3-10-2;1-7(5-8)6-10-4-3-9-2;1-7-3-4-8-9(2,5)6;1-3(2-5)4(6)7;1-5-3-2-4;3-1-2(4)5/h11H,4-10H2,1-3H3;11H,4-10H2,1-3H3;7H,3-6H2,1-2H3;6H,3-5H2,1-2H3,(H,8,9);7-8H,3-6H2,1-2H3;3-4H2,1-2H3;3,5H,2H2,1H3,(H,6,7);4H,2-3H2,1H3;1H2,(H,4,5)/t2*11-;7-;6-;7-;;3-;;/m11101.0../s1. The van der Waals surface area contributed by atoms with Crippen molar-refractivity contribution in [1.82, 2.24) is 4.90 Å². The molecular formula is C59H122B2INO29S. The Kier molecular flexibility index (Phi) is 104. The van der Waals surface area contributed by atoms with Crippen LogP contribution in [0.25, 0.3) is 0 Å². The van der Waals surface area contributed by atoms with Crippen LogP contribution >= 0.6 is 22.6 Å². The molecular weight excluding hydrogens is 1370 g/mol. The maximum atomic E-state index is 11.7. The predicted molar refractivity (Wildman–Crippen MR) is 361 cm³/mol. The number of carbonyl (C=O) groups excluding carboxylic acids is 3. The van der Waals surface area contributed by atoms with Gasteiger partial charge in [0.2, 0.25) is 5.91 Å². The van der Waals surface area contributed by atoms with Gasteiger partial charge in [0.05, 0.1) is 166 Å². The molecule has 0 aromatic carbocycles. The van der Waals surface area contributed by atoms with Crippen LogP contribution in [0.3, 0.4) is 0 Å². The normalized spacial score (nSPS) is 12.1. The first-order valence-electron chi connectivity index (χ1n) is 30.2. The number of aliphatic hydroxyl groups excluding tert-OH is 3. The van der Waals surface area contributed by atoms with E-state index in [0.29, 0.717) is 124 Å². The Morgan fingerprint density at radius 3 is 1.15 bits per heavy atom. The highest BCUT2D eigenvalue weighted by molar-refractivity contribution is 14.1. The van der Waals surface area contributed by atoms with Gasteiger partial charge in [-0.3, -0.25) is 33.0 Å². The van der Waals surface area contributed by atoms with Crippen molar-refractivity contribution in [2.45, 2.75) is 87.3 Å². The van der Waals surface area contributed by atoms with Crippen LogP contribution in [-0.4, -0.2) is 321 Å². The molecule has 0 rings (SSSR count). The summed E-state index contributed by atoms with van der Waals surface area (Å²) in [7, 11) is 17.8. The molecule has 0 spiro atoms. The molecule has 0 saturated heterocycles. The number of rotatable bonds is 48. The number of carboxylic acids is 3. The third kappa shape index (κ3) is 114. The summed E-state index contributed by atoms with van der Waals surface area (Å²) in [6, 6.07) is 0. The Labute approximate surface area is 573 Å². The molecule has 0 saturated carbocycles. The van der Waals surface area contributed by atoms with E-state index in [9.17, 15) is 37.2 Å². The predicted octanol–water partition coefficient (Wildman–Crippen LogP) is 3.24. The van der Waals surface area contributed by atoms with Crippen LogP contribution < -0.4 is 0 Å². The monoisotopic (exact) mass is 1490 g/mol. The summed E-state index contributed by atoms with van der Waals surface area (Å²) in [6.45, 7) is 25.6. The molecule has 6 atom stereocenters. The fourth-order valence-corrected chi connectivity index (χ4v) is 5.43. The Morgan fingerprint density at radius 2 is 0.849 bits per heavy atom. The van der Waals surface area contributed by atoms with Crippen LogP contribution in [-0.2, 0) is 109 Å². The average molecular weight is 1490 g/mol. The zero-order valence-electron chi connectivity index (χ0n) is 58.8. The summed E-state index contributed by atoms with van der Waals surface area (Å²) in [5, 5.41) is 48.7. The fourth-order valence-electron chi connectivity index (χ4n) is 4.80. The van der Waals surface area contributed by atoms with Crippen molar-refractivity contribution in [3.05, 3.63) is 0 Å². The first kappa shape index (κ1) is 109. The maximum absolute atomic E-state index is 11.7. The van der Waals surface area contributed by atoms with Crippen LogP contribution in [0, 0.1) is 35.5 Å². The molecule has 0 bridgehead atoms. The van der Waals surface area contributed by atoms with Crippen LogP contribution in [0.2, 0.25) is 12.6 Å².